The summed E-state index contributed by atoms with van der Waals surface area (Å²) in [5, 5.41) is 0.664. The quantitative estimate of drug-likeness (QED) is 0.810. The summed E-state index contributed by atoms with van der Waals surface area (Å²) in [5.41, 5.74) is 0.493. The van der Waals surface area contributed by atoms with Crippen molar-refractivity contribution in [2.75, 3.05) is 13.1 Å². The van der Waals surface area contributed by atoms with E-state index in [1.54, 1.807) is 24.7 Å². The van der Waals surface area contributed by atoms with Crippen LogP contribution in [0.5, 0.6) is 0 Å². The summed E-state index contributed by atoms with van der Waals surface area (Å²) in [6.07, 6.45) is 6.27. The molecular weight excluding hydrogens is 308 g/mol. The van der Waals surface area contributed by atoms with Gasteiger partial charge in [-0.1, -0.05) is 13.8 Å². The van der Waals surface area contributed by atoms with Gasteiger partial charge < -0.3 is 4.90 Å². The lowest BCUT2D eigenvalue weighted by molar-refractivity contribution is 0.0617. The number of likely N-dealkylation sites (tertiary alicyclic amines) is 1. The van der Waals surface area contributed by atoms with E-state index in [1.165, 1.54) is 18.2 Å². The number of nitrogens with zero attached hydrogens (tertiary/aromatic N) is 4. The summed E-state index contributed by atoms with van der Waals surface area (Å²) in [7, 11) is 0. The molecule has 1 amide bonds. The first kappa shape index (κ1) is 15.9. The summed E-state index contributed by atoms with van der Waals surface area (Å²) >= 11 is 1.43. The van der Waals surface area contributed by atoms with E-state index in [-0.39, 0.29) is 5.91 Å². The molecule has 1 saturated heterocycles. The Balaban J connectivity index is 1.75. The monoisotopic (exact) mass is 328 g/mol. The second-order valence-electron chi connectivity index (χ2n) is 6.17. The molecule has 0 saturated carbocycles. The maximum absolute atomic E-state index is 12.7. The summed E-state index contributed by atoms with van der Waals surface area (Å²) in [6, 6.07) is 5.48. The fourth-order valence-corrected chi connectivity index (χ4v) is 3.76. The molecule has 2 atom stereocenters. The molecule has 2 aromatic rings. The van der Waals surface area contributed by atoms with Gasteiger partial charge in [0.05, 0.1) is 0 Å². The maximum atomic E-state index is 12.7. The molecule has 3 rings (SSSR count). The van der Waals surface area contributed by atoms with Gasteiger partial charge >= 0.3 is 0 Å². The molecule has 0 bridgehead atoms. The van der Waals surface area contributed by atoms with Gasteiger partial charge in [-0.15, -0.1) is 0 Å². The molecule has 0 aromatic carbocycles. The van der Waals surface area contributed by atoms with Crippen LogP contribution < -0.4 is 0 Å². The molecule has 1 fully saturated rings. The highest BCUT2D eigenvalue weighted by molar-refractivity contribution is 7.99. The first-order valence-electron chi connectivity index (χ1n) is 7.82. The van der Waals surface area contributed by atoms with Crippen molar-refractivity contribution in [3.63, 3.8) is 0 Å². The third kappa shape index (κ3) is 4.07. The van der Waals surface area contributed by atoms with Crippen molar-refractivity contribution >= 4 is 17.7 Å². The first-order valence-corrected chi connectivity index (χ1v) is 8.63. The number of rotatable bonds is 3. The lowest BCUT2D eigenvalue weighted by atomic mass is 9.92. The number of carbonyl (C=O) groups is 1. The van der Waals surface area contributed by atoms with Crippen molar-refractivity contribution in [3.05, 3.63) is 42.5 Å². The maximum Gasteiger partial charge on any atom is 0.272 e. The summed E-state index contributed by atoms with van der Waals surface area (Å²) in [5.74, 6) is 1.09. The lowest BCUT2D eigenvalue weighted by Crippen LogP contribution is -2.42. The highest BCUT2D eigenvalue weighted by Gasteiger charge is 2.26. The Morgan fingerprint density at radius 1 is 1.13 bits per heavy atom. The number of hydrogen-bond acceptors (Lipinski definition) is 5. The van der Waals surface area contributed by atoms with Crippen LogP contribution >= 0.6 is 11.8 Å². The van der Waals surface area contributed by atoms with Gasteiger partial charge in [0, 0.05) is 36.6 Å². The summed E-state index contributed by atoms with van der Waals surface area (Å²) in [6.45, 7) is 6.01. The van der Waals surface area contributed by atoms with E-state index in [2.05, 4.69) is 28.8 Å². The molecule has 0 spiro atoms. The molecule has 0 aliphatic carbocycles. The number of pyridine rings is 1. The average molecular weight is 328 g/mol. The second-order valence-corrected chi connectivity index (χ2v) is 7.21. The van der Waals surface area contributed by atoms with Crippen molar-refractivity contribution in [2.45, 2.75) is 30.3 Å². The topological polar surface area (TPSA) is 59.0 Å². The van der Waals surface area contributed by atoms with Gasteiger partial charge in [-0.3, -0.25) is 9.78 Å². The van der Waals surface area contributed by atoms with E-state index in [4.69, 9.17) is 0 Å². The van der Waals surface area contributed by atoms with Gasteiger partial charge in [0.15, 0.2) is 5.16 Å². The van der Waals surface area contributed by atoms with Gasteiger partial charge in [0.1, 0.15) is 5.69 Å². The zero-order chi connectivity index (χ0) is 16.2. The predicted molar refractivity (Wildman–Crippen MR) is 89.2 cm³/mol. The van der Waals surface area contributed by atoms with E-state index in [1.807, 2.05) is 17.0 Å². The molecule has 5 nitrogen and oxygen atoms in total. The van der Waals surface area contributed by atoms with Crippen LogP contribution in [0.4, 0.5) is 0 Å². The van der Waals surface area contributed by atoms with Crippen molar-refractivity contribution in [1.82, 2.24) is 19.9 Å². The Labute approximate surface area is 140 Å². The molecule has 23 heavy (non-hydrogen) atoms. The molecule has 1 aliphatic rings. The van der Waals surface area contributed by atoms with Gasteiger partial charge in [0.2, 0.25) is 0 Å². The summed E-state index contributed by atoms with van der Waals surface area (Å²) in [4.78, 5) is 28.2. The molecule has 1 aliphatic heterocycles. The minimum Gasteiger partial charge on any atom is -0.337 e. The molecule has 6 heteroatoms. The van der Waals surface area contributed by atoms with E-state index in [0.29, 0.717) is 22.7 Å². The molecule has 0 N–H and O–H groups in total. The minimum absolute atomic E-state index is 0.0137. The van der Waals surface area contributed by atoms with E-state index in [9.17, 15) is 4.79 Å². The normalized spacial score (nSPS) is 21.2. The highest BCUT2D eigenvalue weighted by atomic mass is 32.2. The average Bonchev–Trinajstić information content (AvgIpc) is 2.54. The molecule has 2 aromatic heterocycles. The van der Waals surface area contributed by atoms with Gasteiger partial charge in [-0.05, 0) is 48.2 Å². The van der Waals surface area contributed by atoms with Crippen molar-refractivity contribution in [3.8, 4) is 0 Å². The minimum atomic E-state index is 0.0137. The Morgan fingerprint density at radius 2 is 1.83 bits per heavy atom. The van der Waals surface area contributed by atoms with Crippen LogP contribution in [0.15, 0.2) is 46.8 Å². The number of carbonyl (C=O) groups excluding carboxylic acids is 1. The number of piperidine rings is 1. The van der Waals surface area contributed by atoms with E-state index < -0.39 is 0 Å². The van der Waals surface area contributed by atoms with Crippen LogP contribution in [0.2, 0.25) is 0 Å². The third-order valence-electron chi connectivity index (χ3n) is 3.86. The Kier molecular flexibility index (Phi) is 4.91. The number of hydrogen-bond donors (Lipinski definition) is 0. The molecule has 0 radical (unpaired) electrons. The molecule has 120 valence electrons. The Hall–Kier alpha value is -1.95. The van der Waals surface area contributed by atoms with Crippen LogP contribution in [0.1, 0.15) is 30.8 Å². The standard InChI is InChI=1S/C17H20N4OS/c1-12-8-13(2)11-21(10-12)16(22)15-9-14(4-7-18-15)23-17-19-5-3-6-20-17/h3-7,9,12-13H,8,10-11H2,1-2H3/t12-,13-/m0/s1. The van der Waals surface area contributed by atoms with E-state index in [0.717, 1.165) is 18.0 Å². The Morgan fingerprint density at radius 3 is 2.52 bits per heavy atom. The molecular formula is C17H20N4OS. The lowest BCUT2D eigenvalue weighted by Gasteiger charge is -2.34. The van der Waals surface area contributed by atoms with Crippen LogP contribution in [-0.2, 0) is 0 Å². The van der Waals surface area contributed by atoms with E-state index >= 15 is 0 Å². The third-order valence-corrected chi connectivity index (χ3v) is 4.74. The zero-order valence-electron chi connectivity index (χ0n) is 13.3. The Bertz CT molecular complexity index is 669. The summed E-state index contributed by atoms with van der Waals surface area (Å²) < 4.78 is 0. The largest absolute Gasteiger partial charge is 0.337 e. The second kappa shape index (κ2) is 7.08. The highest BCUT2D eigenvalue weighted by Crippen LogP contribution is 2.26. The van der Waals surface area contributed by atoms with Crippen LogP contribution in [-0.4, -0.2) is 38.8 Å². The first-order chi connectivity index (χ1) is 11.1. The van der Waals surface area contributed by atoms with Crippen molar-refractivity contribution in [1.29, 1.82) is 0 Å². The van der Waals surface area contributed by atoms with Crippen LogP contribution in [0, 0.1) is 11.8 Å². The molecule has 3 heterocycles. The van der Waals surface area contributed by atoms with Gasteiger partial charge in [0.25, 0.3) is 5.91 Å². The van der Waals surface area contributed by atoms with Gasteiger partial charge in [-0.25, -0.2) is 9.97 Å². The fourth-order valence-electron chi connectivity index (χ4n) is 3.03. The van der Waals surface area contributed by atoms with Crippen molar-refractivity contribution < 1.29 is 4.79 Å². The zero-order valence-corrected chi connectivity index (χ0v) is 14.2. The van der Waals surface area contributed by atoms with Gasteiger partial charge in [-0.2, -0.15) is 0 Å². The molecule has 0 unspecified atom stereocenters. The number of aromatic nitrogens is 3. The smallest absolute Gasteiger partial charge is 0.272 e. The SMILES string of the molecule is C[C@H]1C[C@H](C)CN(C(=O)c2cc(Sc3ncccn3)ccn2)C1. The van der Waals surface area contributed by atoms with Crippen LogP contribution in [0.25, 0.3) is 0 Å². The van der Waals surface area contributed by atoms with Crippen LogP contribution in [0.3, 0.4) is 0 Å². The number of amides is 1. The predicted octanol–water partition coefficient (Wildman–Crippen LogP) is 3.14. The fraction of sp³-hybridized carbons (Fsp3) is 0.412. The van der Waals surface area contributed by atoms with Crippen molar-refractivity contribution in [2.24, 2.45) is 11.8 Å².